The molecule has 0 unspecified atom stereocenters. The van der Waals surface area contributed by atoms with Gasteiger partial charge < -0.3 is 9.73 Å². The van der Waals surface area contributed by atoms with Crippen molar-refractivity contribution >= 4 is 28.5 Å². The van der Waals surface area contributed by atoms with Gasteiger partial charge in [-0.3, -0.25) is 4.79 Å². The number of benzene rings is 2. The minimum absolute atomic E-state index is 0.192. The van der Waals surface area contributed by atoms with E-state index in [0.29, 0.717) is 22.9 Å². The molecule has 0 spiro atoms. The molecular weight excluding hydrogens is 310 g/mol. The van der Waals surface area contributed by atoms with E-state index in [0.717, 1.165) is 23.8 Å². The fourth-order valence-corrected chi connectivity index (χ4v) is 2.86. The number of carbonyl (C=O) groups is 1. The van der Waals surface area contributed by atoms with Gasteiger partial charge in [-0.2, -0.15) is 0 Å². The van der Waals surface area contributed by atoms with Gasteiger partial charge in [-0.25, -0.2) is 0 Å². The summed E-state index contributed by atoms with van der Waals surface area (Å²) in [4.78, 5) is 12.3. The number of rotatable bonds is 5. The van der Waals surface area contributed by atoms with Gasteiger partial charge in [0.05, 0.1) is 5.02 Å². The molecule has 0 aliphatic carbocycles. The lowest BCUT2D eigenvalue weighted by atomic mass is 10.1. The van der Waals surface area contributed by atoms with E-state index in [1.165, 1.54) is 5.56 Å². The molecule has 0 fully saturated rings. The standard InChI is InChI=1S/C19H18ClNO2/c1-13-15-10-5-11-16(20)18(15)23-17(13)19(22)21-12-6-9-14-7-3-2-4-8-14/h2-5,7-8,10-11H,6,9,12H2,1H3,(H,21,22). The maximum absolute atomic E-state index is 12.3. The van der Waals surface area contributed by atoms with Crippen LogP contribution in [0.5, 0.6) is 0 Å². The number of aryl methyl sites for hydroxylation is 2. The molecule has 2 aromatic carbocycles. The van der Waals surface area contributed by atoms with Gasteiger partial charge in [-0.15, -0.1) is 0 Å². The molecule has 118 valence electrons. The topological polar surface area (TPSA) is 42.2 Å². The van der Waals surface area contributed by atoms with Gasteiger partial charge >= 0.3 is 0 Å². The summed E-state index contributed by atoms with van der Waals surface area (Å²) in [6.07, 6.45) is 1.82. The first-order chi connectivity index (χ1) is 11.2. The first-order valence-electron chi connectivity index (χ1n) is 7.66. The average Bonchev–Trinajstić information content (AvgIpc) is 2.91. The number of halogens is 1. The Labute approximate surface area is 140 Å². The van der Waals surface area contributed by atoms with Gasteiger partial charge in [0.1, 0.15) is 0 Å². The van der Waals surface area contributed by atoms with E-state index in [-0.39, 0.29) is 5.91 Å². The second-order valence-corrected chi connectivity index (χ2v) is 5.92. The highest BCUT2D eigenvalue weighted by Gasteiger charge is 2.18. The maximum atomic E-state index is 12.3. The molecule has 0 atom stereocenters. The fourth-order valence-electron chi connectivity index (χ4n) is 2.64. The fraction of sp³-hybridized carbons (Fsp3) is 0.211. The molecule has 0 aliphatic heterocycles. The molecule has 0 saturated heterocycles. The summed E-state index contributed by atoms with van der Waals surface area (Å²) < 4.78 is 5.66. The lowest BCUT2D eigenvalue weighted by molar-refractivity contribution is 0.0927. The Hall–Kier alpha value is -2.26. The first-order valence-corrected chi connectivity index (χ1v) is 8.04. The predicted octanol–water partition coefficient (Wildman–Crippen LogP) is 4.76. The Kier molecular flexibility index (Phi) is 4.68. The normalized spacial score (nSPS) is 10.9. The van der Waals surface area contributed by atoms with Crippen molar-refractivity contribution in [3.8, 4) is 0 Å². The highest BCUT2D eigenvalue weighted by molar-refractivity contribution is 6.35. The Morgan fingerprint density at radius 1 is 1.13 bits per heavy atom. The third kappa shape index (κ3) is 3.40. The van der Waals surface area contributed by atoms with Gasteiger partial charge in [0.15, 0.2) is 11.3 Å². The van der Waals surface area contributed by atoms with E-state index in [9.17, 15) is 4.79 Å². The van der Waals surface area contributed by atoms with Crippen LogP contribution in [0.1, 0.15) is 28.1 Å². The summed E-state index contributed by atoms with van der Waals surface area (Å²) in [5.74, 6) is 0.149. The molecule has 3 aromatic rings. The predicted molar refractivity (Wildman–Crippen MR) is 93.1 cm³/mol. The number of para-hydroxylation sites is 1. The van der Waals surface area contributed by atoms with E-state index in [1.54, 1.807) is 6.07 Å². The monoisotopic (exact) mass is 327 g/mol. The Morgan fingerprint density at radius 3 is 2.65 bits per heavy atom. The summed E-state index contributed by atoms with van der Waals surface area (Å²) in [6, 6.07) is 15.8. The molecule has 1 heterocycles. The second-order valence-electron chi connectivity index (χ2n) is 5.52. The highest BCUT2D eigenvalue weighted by atomic mass is 35.5. The summed E-state index contributed by atoms with van der Waals surface area (Å²) in [7, 11) is 0. The lowest BCUT2D eigenvalue weighted by Gasteiger charge is -2.04. The van der Waals surface area contributed by atoms with Crippen molar-refractivity contribution in [2.45, 2.75) is 19.8 Å². The molecule has 1 aromatic heterocycles. The van der Waals surface area contributed by atoms with Crippen LogP contribution in [0.15, 0.2) is 52.9 Å². The lowest BCUT2D eigenvalue weighted by Crippen LogP contribution is -2.24. The number of amides is 1. The largest absolute Gasteiger partial charge is 0.449 e. The molecule has 4 heteroatoms. The highest BCUT2D eigenvalue weighted by Crippen LogP contribution is 2.30. The van der Waals surface area contributed by atoms with Crippen LogP contribution in [0, 0.1) is 6.92 Å². The number of hydrogen-bond acceptors (Lipinski definition) is 2. The van der Waals surface area contributed by atoms with Crippen LogP contribution < -0.4 is 5.32 Å². The zero-order valence-electron chi connectivity index (χ0n) is 12.9. The third-order valence-electron chi connectivity index (χ3n) is 3.89. The molecule has 0 bridgehead atoms. The van der Waals surface area contributed by atoms with Gasteiger partial charge in [-0.05, 0) is 31.4 Å². The van der Waals surface area contributed by atoms with Gasteiger partial charge in [0, 0.05) is 17.5 Å². The Bertz CT molecular complexity index is 824. The summed E-state index contributed by atoms with van der Waals surface area (Å²) in [6.45, 7) is 2.49. The van der Waals surface area contributed by atoms with Crippen molar-refractivity contribution in [3.63, 3.8) is 0 Å². The minimum Gasteiger partial charge on any atom is -0.449 e. The van der Waals surface area contributed by atoms with E-state index < -0.39 is 0 Å². The SMILES string of the molecule is Cc1c(C(=O)NCCCc2ccccc2)oc2c(Cl)cccc12. The van der Waals surface area contributed by atoms with Crippen LogP contribution in [0.3, 0.4) is 0 Å². The molecule has 0 saturated carbocycles. The van der Waals surface area contributed by atoms with Crippen molar-refractivity contribution in [1.82, 2.24) is 5.32 Å². The van der Waals surface area contributed by atoms with Crippen LogP contribution in [0.25, 0.3) is 11.0 Å². The zero-order chi connectivity index (χ0) is 16.2. The van der Waals surface area contributed by atoms with E-state index in [1.807, 2.05) is 37.3 Å². The number of furan rings is 1. The van der Waals surface area contributed by atoms with Gasteiger partial charge in [0.25, 0.3) is 5.91 Å². The smallest absolute Gasteiger partial charge is 0.287 e. The minimum atomic E-state index is -0.192. The zero-order valence-corrected chi connectivity index (χ0v) is 13.7. The summed E-state index contributed by atoms with van der Waals surface area (Å²) in [5.41, 5.74) is 2.66. The van der Waals surface area contributed by atoms with E-state index in [2.05, 4.69) is 17.4 Å². The molecule has 0 aliphatic rings. The quantitative estimate of drug-likeness (QED) is 0.687. The van der Waals surface area contributed by atoms with E-state index in [4.69, 9.17) is 16.0 Å². The van der Waals surface area contributed by atoms with Crippen LogP contribution in [-0.4, -0.2) is 12.5 Å². The molecule has 1 amide bonds. The van der Waals surface area contributed by atoms with Crippen LogP contribution in [-0.2, 0) is 6.42 Å². The van der Waals surface area contributed by atoms with Crippen molar-refractivity contribution in [1.29, 1.82) is 0 Å². The first kappa shape index (κ1) is 15.6. The van der Waals surface area contributed by atoms with Crippen molar-refractivity contribution < 1.29 is 9.21 Å². The van der Waals surface area contributed by atoms with Crippen LogP contribution in [0.4, 0.5) is 0 Å². The van der Waals surface area contributed by atoms with Crippen molar-refractivity contribution in [3.05, 3.63) is 70.4 Å². The summed E-state index contributed by atoms with van der Waals surface area (Å²) in [5, 5.41) is 4.32. The number of fused-ring (bicyclic) bond motifs is 1. The third-order valence-corrected chi connectivity index (χ3v) is 4.19. The summed E-state index contributed by atoms with van der Waals surface area (Å²) >= 11 is 6.12. The number of hydrogen-bond donors (Lipinski definition) is 1. The second kappa shape index (κ2) is 6.88. The molecule has 23 heavy (non-hydrogen) atoms. The number of carbonyl (C=O) groups excluding carboxylic acids is 1. The van der Waals surface area contributed by atoms with Gasteiger partial charge in [0.2, 0.25) is 0 Å². The average molecular weight is 328 g/mol. The molecule has 0 radical (unpaired) electrons. The van der Waals surface area contributed by atoms with Crippen LogP contribution >= 0.6 is 11.6 Å². The maximum Gasteiger partial charge on any atom is 0.287 e. The van der Waals surface area contributed by atoms with Crippen LogP contribution in [0.2, 0.25) is 5.02 Å². The Balaban J connectivity index is 1.62. The molecular formula is C19H18ClNO2. The van der Waals surface area contributed by atoms with Crippen molar-refractivity contribution in [2.24, 2.45) is 0 Å². The molecule has 1 N–H and O–H groups in total. The van der Waals surface area contributed by atoms with Crippen molar-refractivity contribution in [2.75, 3.05) is 6.54 Å². The molecule has 3 rings (SSSR count). The van der Waals surface area contributed by atoms with Gasteiger partial charge in [-0.1, -0.05) is 54.1 Å². The Morgan fingerprint density at radius 2 is 1.91 bits per heavy atom. The van der Waals surface area contributed by atoms with E-state index >= 15 is 0 Å². The molecule has 3 nitrogen and oxygen atoms in total. The number of nitrogens with one attached hydrogen (secondary N) is 1.